The molecule has 32 heavy (non-hydrogen) atoms. The Morgan fingerprint density at radius 3 is 2.34 bits per heavy atom. The van der Waals surface area contributed by atoms with Crippen molar-refractivity contribution >= 4 is 22.8 Å². The number of hydrogen-bond donors (Lipinski definition) is 3. The van der Waals surface area contributed by atoms with Gasteiger partial charge in [-0.2, -0.15) is 18.4 Å². The van der Waals surface area contributed by atoms with Crippen molar-refractivity contribution in [3.8, 4) is 11.8 Å². The van der Waals surface area contributed by atoms with E-state index in [-0.39, 0.29) is 23.0 Å². The lowest BCUT2D eigenvalue weighted by atomic mass is 10.1. The maximum absolute atomic E-state index is 13.0. The Morgan fingerprint density at radius 1 is 1.12 bits per heavy atom. The summed E-state index contributed by atoms with van der Waals surface area (Å²) in [5.41, 5.74) is -2.07. The van der Waals surface area contributed by atoms with Crippen LogP contribution in [0.25, 0.3) is 10.9 Å². The fraction of sp³-hybridized carbons (Fsp3) is 0.143. The zero-order valence-corrected chi connectivity index (χ0v) is 16.1. The van der Waals surface area contributed by atoms with E-state index in [1.807, 2.05) is 11.4 Å². The Balaban J connectivity index is 2.18. The predicted molar refractivity (Wildman–Crippen MR) is 105 cm³/mol. The number of carboxylic acids is 1. The molecular formula is C21H14F3N3O5. The molecule has 1 amide bonds. The van der Waals surface area contributed by atoms with Crippen molar-refractivity contribution < 1.29 is 33.0 Å². The van der Waals surface area contributed by atoms with Crippen LogP contribution in [0.5, 0.6) is 5.75 Å². The fourth-order valence-electron chi connectivity index (χ4n) is 3.10. The van der Waals surface area contributed by atoms with E-state index in [1.165, 1.54) is 30.3 Å². The summed E-state index contributed by atoms with van der Waals surface area (Å²) < 4.78 is 39.5. The maximum atomic E-state index is 13.0. The molecule has 0 spiro atoms. The summed E-state index contributed by atoms with van der Waals surface area (Å²) in [6, 6.07) is 9.85. The highest BCUT2D eigenvalue weighted by Crippen LogP contribution is 2.30. The first-order valence-electron chi connectivity index (χ1n) is 8.98. The summed E-state index contributed by atoms with van der Waals surface area (Å²) in [6.07, 6.45) is -4.54. The number of aromatic hydroxyl groups is 1. The van der Waals surface area contributed by atoms with E-state index in [0.29, 0.717) is 5.56 Å². The van der Waals surface area contributed by atoms with Crippen molar-refractivity contribution in [2.24, 2.45) is 0 Å². The number of carboxylic acid groups (broad SMARTS) is 1. The molecule has 0 atom stereocenters. The number of aliphatic carboxylic acids is 1. The van der Waals surface area contributed by atoms with Gasteiger partial charge in [-0.05, 0) is 35.9 Å². The van der Waals surface area contributed by atoms with Crippen LogP contribution in [0.15, 0.2) is 47.3 Å². The summed E-state index contributed by atoms with van der Waals surface area (Å²) in [4.78, 5) is 36.2. The lowest BCUT2D eigenvalue weighted by Gasteiger charge is -2.15. The number of halogens is 3. The van der Waals surface area contributed by atoms with Crippen molar-refractivity contribution in [2.75, 3.05) is 6.54 Å². The number of alkyl halides is 3. The third-order valence-corrected chi connectivity index (χ3v) is 4.62. The van der Waals surface area contributed by atoms with Crippen LogP contribution in [0.4, 0.5) is 13.2 Å². The number of amides is 1. The molecule has 11 heteroatoms. The van der Waals surface area contributed by atoms with Crippen molar-refractivity contribution in [3.05, 3.63) is 75.1 Å². The van der Waals surface area contributed by atoms with Gasteiger partial charge in [-0.15, -0.1) is 0 Å². The van der Waals surface area contributed by atoms with Crippen LogP contribution < -0.4 is 10.9 Å². The van der Waals surface area contributed by atoms with E-state index < -0.39 is 47.0 Å². The van der Waals surface area contributed by atoms with Gasteiger partial charge >= 0.3 is 12.1 Å². The van der Waals surface area contributed by atoms with Crippen molar-refractivity contribution in [1.82, 2.24) is 9.88 Å². The van der Waals surface area contributed by atoms with Gasteiger partial charge in [-0.1, -0.05) is 12.1 Å². The van der Waals surface area contributed by atoms with E-state index in [9.17, 15) is 32.7 Å². The molecular weight excluding hydrogens is 431 g/mol. The Labute approximate surface area is 177 Å². The van der Waals surface area contributed by atoms with Crippen LogP contribution in [-0.2, 0) is 17.5 Å². The molecule has 3 rings (SSSR count). The van der Waals surface area contributed by atoms with E-state index in [1.54, 1.807) is 0 Å². The van der Waals surface area contributed by atoms with E-state index in [4.69, 9.17) is 10.4 Å². The van der Waals surface area contributed by atoms with Crippen LogP contribution in [0.2, 0.25) is 0 Å². The first kappa shape index (κ1) is 22.4. The van der Waals surface area contributed by atoms with Gasteiger partial charge in [-0.25, -0.2) is 0 Å². The van der Waals surface area contributed by atoms with Gasteiger partial charge < -0.3 is 20.1 Å². The third-order valence-electron chi connectivity index (χ3n) is 4.62. The summed E-state index contributed by atoms with van der Waals surface area (Å²) in [5.74, 6) is -3.27. The number of carbonyl (C=O) groups is 2. The number of nitrogens with zero attached hydrogens (tertiary/aromatic N) is 2. The zero-order chi connectivity index (χ0) is 23.6. The lowest BCUT2D eigenvalue weighted by molar-refractivity contribution is -0.138. The second-order valence-corrected chi connectivity index (χ2v) is 6.73. The van der Waals surface area contributed by atoms with Crippen molar-refractivity contribution in [2.45, 2.75) is 12.7 Å². The largest absolute Gasteiger partial charge is 0.506 e. The minimum atomic E-state index is -4.54. The van der Waals surface area contributed by atoms with Crippen LogP contribution in [0.3, 0.4) is 0 Å². The van der Waals surface area contributed by atoms with Gasteiger partial charge in [0.15, 0.2) is 0 Å². The molecule has 0 aliphatic heterocycles. The topological polar surface area (TPSA) is 132 Å². The molecule has 0 aliphatic rings. The Bertz CT molecular complexity index is 1320. The predicted octanol–water partition coefficient (Wildman–Crippen LogP) is 2.46. The molecule has 0 saturated heterocycles. The number of nitrogens with one attached hydrogen (secondary N) is 1. The number of benzene rings is 2. The van der Waals surface area contributed by atoms with E-state index in [2.05, 4.69) is 0 Å². The summed E-state index contributed by atoms with van der Waals surface area (Å²) >= 11 is 0. The van der Waals surface area contributed by atoms with Gasteiger partial charge in [-0.3, -0.25) is 14.4 Å². The maximum Gasteiger partial charge on any atom is 0.416 e. The van der Waals surface area contributed by atoms with Crippen molar-refractivity contribution in [3.63, 3.8) is 0 Å². The van der Waals surface area contributed by atoms with E-state index >= 15 is 0 Å². The number of carbonyl (C=O) groups excluding carboxylic acids is 1. The number of hydrogen-bond acceptors (Lipinski definition) is 5. The Morgan fingerprint density at radius 2 is 1.78 bits per heavy atom. The minimum absolute atomic E-state index is 0.0314. The normalized spacial score (nSPS) is 11.2. The zero-order valence-electron chi connectivity index (χ0n) is 16.1. The average Bonchev–Trinajstić information content (AvgIpc) is 2.74. The van der Waals surface area contributed by atoms with Crippen LogP contribution in [-0.4, -0.2) is 33.2 Å². The highest BCUT2D eigenvalue weighted by molar-refractivity contribution is 6.03. The second kappa shape index (κ2) is 8.43. The van der Waals surface area contributed by atoms with Gasteiger partial charge in [0, 0.05) is 5.39 Å². The molecule has 8 nitrogen and oxygen atoms in total. The van der Waals surface area contributed by atoms with Gasteiger partial charge in [0.1, 0.15) is 17.9 Å². The standard InChI is InChI=1S/C21H14F3N3O5/c22-21(23,24)13-4-1-11(2-5-13)10-27-15-6-3-12(8-25)7-14(15)18(30)17(20(27)32)19(31)26-9-16(28)29/h1-7,30H,9-10H2,(H,26,31)(H,28,29). The van der Waals surface area contributed by atoms with Gasteiger partial charge in [0.2, 0.25) is 0 Å². The fourth-order valence-corrected chi connectivity index (χ4v) is 3.10. The average molecular weight is 445 g/mol. The quantitative estimate of drug-likeness (QED) is 0.553. The highest BCUT2D eigenvalue weighted by Gasteiger charge is 2.30. The van der Waals surface area contributed by atoms with Crippen LogP contribution >= 0.6 is 0 Å². The molecule has 3 aromatic rings. The molecule has 0 radical (unpaired) electrons. The summed E-state index contributed by atoms with van der Waals surface area (Å²) in [6.45, 7) is -1.06. The lowest BCUT2D eigenvalue weighted by Crippen LogP contribution is -2.36. The van der Waals surface area contributed by atoms with Crippen LogP contribution in [0.1, 0.15) is 27.0 Å². The molecule has 1 aromatic heterocycles. The molecule has 0 bridgehead atoms. The molecule has 3 N–H and O–H groups in total. The molecule has 0 unspecified atom stereocenters. The van der Waals surface area contributed by atoms with Gasteiger partial charge in [0.05, 0.1) is 29.3 Å². The first-order chi connectivity index (χ1) is 15.0. The van der Waals surface area contributed by atoms with Crippen LogP contribution in [0, 0.1) is 11.3 Å². The highest BCUT2D eigenvalue weighted by atomic mass is 19.4. The summed E-state index contributed by atoms with van der Waals surface area (Å²) in [7, 11) is 0. The number of aromatic nitrogens is 1. The smallest absolute Gasteiger partial charge is 0.416 e. The number of nitriles is 1. The second-order valence-electron chi connectivity index (χ2n) is 6.73. The monoisotopic (exact) mass is 445 g/mol. The molecule has 164 valence electrons. The molecule has 0 saturated carbocycles. The Kier molecular flexibility index (Phi) is 5.89. The number of fused-ring (bicyclic) bond motifs is 1. The number of pyridine rings is 1. The first-order valence-corrected chi connectivity index (χ1v) is 8.98. The van der Waals surface area contributed by atoms with Crippen molar-refractivity contribution in [1.29, 1.82) is 5.26 Å². The molecule has 0 aliphatic carbocycles. The third kappa shape index (κ3) is 4.39. The molecule has 1 heterocycles. The molecule has 2 aromatic carbocycles. The summed E-state index contributed by atoms with van der Waals surface area (Å²) in [5, 5.41) is 30.4. The Hall–Kier alpha value is -4.33. The van der Waals surface area contributed by atoms with E-state index in [0.717, 1.165) is 16.7 Å². The minimum Gasteiger partial charge on any atom is -0.506 e. The number of rotatable bonds is 5. The SMILES string of the molecule is N#Cc1ccc2c(c1)c(O)c(C(=O)NCC(=O)O)c(=O)n2Cc1ccc(C(F)(F)F)cc1. The van der Waals surface area contributed by atoms with Gasteiger partial charge in [0.25, 0.3) is 11.5 Å². The molecule has 0 fully saturated rings.